The third-order valence-corrected chi connectivity index (χ3v) is 4.96. The predicted octanol–water partition coefficient (Wildman–Crippen LogP) is 3.51. The summed E-state index contributed by atoms with van der Waals surface area (Å²) in [5.41, 5.74) is 1.66. The zero-order valence-electron chi connectivity index (χ0n) is 14.9. The highest BCUT2D eigenvalue weighted by molar-refractivity contribution is 8.18. The van der Waals surface area contributed by atoms with Crippen LogP contribution in [0.1, 0.15) is 19.4 Å². The summed E-state index contributed by atoms with van der Waals surface area (Å²) >= 11 is 0.952. The van der Waals surface area contributed by atoms with E-state index in [0.717, 1.165) is 28.2 Å². The summed E-state index contributed by atoms with van der Waals surface area (Å²) in [6.45, 7) is 4.42. The number of imide groups is 1. The van der Waals surface area contributed by atoms with Gasteiger partial charge in [-0.3, -0.25) is 19.3 Å². The van der Waals surface area contributed by atoms with E-state index < -0.39 is 0 Å². The first-order valence-electron chi connectivity index (χ1n) is 8.30. The van der Waals surface area contributed by atoms with Crippen LogP contribution in [-0.4, -0.2) is 40.2 Å². The molecule has 1 saturated heterocycles. The molecule has 1 aliphatic heterocycles. The van der Waals surface area contributed by atoms with Crippen molar-refractivity contribution < 1.29 is 19.1 Å². The van der Waals surface area contributed by atoms with Crippen LogP contribution in [0.4, 0.5) is 4.79 Å². The average molecular weight is 372 g/mol. The normalized spacial score (nSPS) is 16.3. The van der Waals surface area contributed by atoms with E-state index in [1.54, 1.807) is 16.8 Å². The van der Waals surface area contributed by atoms with Crippen molar-refractivity contribution in [1.29, 1.82) is 0 Å². The lowest BCUT2D eigenvalue weighted by Gasteiger charge is -2.14. The molecule has 0 N–H and O–H groups in total. The molecule has 0 unspecified atom stereocenters. The Balaban J connectivity index is 1.98. The van der Waals surface area contributed by atoms with Gasteiger partial charge in [0, 0.05) is 29.2 Å². The van der Waals surface area contributed by atoms with Crippen molar-refractivity contribution in [2.24, 2.45) is 5.92 Å². The second-order valence-corrected chi connectivity index (χ2v) is 7.48. The van der Waals surface area contributed by atoms with Gasteiger partial charge in [-0.15, -0.1) is 0 Å². The van der Waals surface area contributed by atoms with Crippen molar-refractivity contribution in [2.45, 2.75) is 20.4 Å². The number of carbonyl (C=O) groups is 3. The molecule has 1 aromatic carbocycles. The number of nitrogens with zero attached hydrogens (tertiary/aromatic N) is 2. The zero-order valence-corrected chi connectivity index (χ0v) is 15.7. The number of amides is 2. The quantitative estimate of drug-likeness (QED) is 0.593. The Morgan fingerprint density at radius 1 is 1.27 bits per heavy atom. The Hall–Kier alpha value is -2.54. The van der Waals surface area contributed by atoms with E-state index in [1.807, 2.05) is 38.1 Å². The third kappa shape index (κ3) is 3.53. The van der Waals surface area contributed by atoms with E-state index in [2.05, 4.69) is 0 Å². The van der Waals surface area contributed by atoms with Crippen molar-refractivity contribution in [2.75, 3.05) is 13.7 Å². The summed E-state index contributed by atoms with van der Waals surface area (Å²) in [5, 5.41) is 0.667. The molecule has 0 spiro atoms. The van der Waals surface area contributed by atoms with Gasteiger partial charge in [-0.1, -0.05) is 32.0 Å². The molecule has 0 bridgehead atoms. The molecule has 2 heterocycles. The van der Waals surface area contributed by atoms with E-state index >= 15 is 0 Å². The molecule has 0 radical (unpaired) electrons. The molecule has 0 aliphatic carbocycles. The monoisotopic (exact) mass is 372 g/mol. The van der Waals surface area contributed by atoms with Crippen molar-refractivity contribution in [3.8, 4) is 0 Å². The number of ether oxygens (including phenoxy) is 1. The van der Waals surface area contributed by atoms with Crippen LogP contribution in [0.25, 0.3) is 17.0 Å². The van der Waals surface area contributed by atoms with Crippen LogP contribution in [0, 0.1) is 5.92 Å². The molecule has 0 saturated carbocycles. The molecule has 136 valence electrons. The van der Waals surface area contributed by atoms with Gasteiger partial charge in [0.1, 0.15) is 6.54 Å². The maximum Gasteiger partial charge on any atom is 0.325 e. The fraction of sp³-hybridized carbons (Fsp3) is 0.316. The van der Waals surface area contributed by atoms with Gasteiger partial charge in [0.25, 0.3) is 11.1 Å². The smallest absolute Gasteiger partial charge is 0.325 e. The van der Waals surface area contributed by atoms with Gasteiger partial charge < -0.3 is 9.30 Å². The molecule has 2 aromatic rings. The van der Waals surface area contributed by atoms with Crippen LogP contribution >= 0.6 is 11.8 Å². The predicted molar refractivity (Wildman–Crippen MR) is 101 cm³/mol. The van der Waals surface area contributed by atoms with Crippen molar-refractivity contribution in [1.82, 2.24) is 9.47 Å². The number of aromatic nitrogens is 1. The minimum absolute atomic E-state index is 0.0830. The molecule has 6 nitrogen and oxygen atoms in total. The molecular formula is C19H20N2O4S. The lowest BCUT2D eigenvalue weighted by Crippen LogP contribution is -2.31. The van der Waals surface area contributed by atoms with Gasteiger partial charge in [0.15, 0.2) is 0 Å². The number of esters is 1. The van der Waals surface area contributed by atoms with Crippen LogP contribution in [0.15, 0.2) is 35.4 Å². The molecule has 1 fully saturated rings. The average Bonchev–Trinajstić information content (AvgIpc) is 3.07. The van der Waals surface area contributed by atoms with Gasteiger partial charge in [0.2, 0.25) is 0 Å². The van der Waals surface area contributed by atoms with Gasteiger partial charge in [-0.05, 0) is 29.8 Å². The lowest BCUT2D eigenvalue weighted by atomic mass is 10.1. The Kier molecular flexibility index (Phi) is 5.18. The first-order valence-corrected chi connectivity index (χ1v) is 9.12. The van der Waals surface area contributed by atoms with Gasteiger partial charge in [-0.2, -0.15) is 0 Å². The number of hydrogen-bond acceptors (Lipinski definition) is 5. The summed E-state index contributed by atoms with van der Waals surface area (Å²) in [4.78, 5) is 38.0. The van der Waals surface area contributed by atoms with Crippen LogP contribution in [-0.2, 0) is 20.9 Å². The summed E-state index contributed by atoms with van der Waals surface area (Å²) in [7, 11) is 1.35. The van der Waals surface area contributed by atoms with Gasteiger partial charge >= 0.3 is 5.97 Å². The fourth-order valence-corrected chi connectivity index (χ4v) is 3.73. The van der Waals surface area contributed by atoms with E-state index in [9.17, 15) is 14.4 Å². The summed E-state index contributed by atoms with van der Waals surface area (Å²) in [6.07, 6.45) is 3.53. The van der Waals surface area contributed by atoms with E-state index in [1.165, 1.54) is 12.0 Å². The standard InChI is InChI=1S/C19H20N2O4S/c1-12(2)9-21-18(23)16(26-19(21)24)8-13-10-20(11-17(22)25-3)15-7-5-4-6-14(13)15/h4-8,10,12H,9,11H2,1-3H3/b16-8-. The van der Waals surface area contributed by atoms with Crippen LogP contribution in [0.5, 0.6) is 0 Å². The first-order chi connectivity index (χ1) is 12.4. The minimum atomic E-state index is -0.352. The first kappa shape index (κ1) is 18.3. The molecule has 2 amide bonds. The number of hydrogen-bond donors (Lipinski definition) is 0. The topological polar surface area (TPSA) is 68.6 Å². The summed E-state index contributed by atoms with van der Waals surface area (Å²) in [6, 6.07) is 7.61. The Morgan fingerprint density at radius 2 is 2.00 bits per heavy atom. The highest BCUT2D eigenvalue weighted by atomic mass is 32.2. The molecule has 7 heteroatoms. The van der Waals surface area contributed by atoms with E-state index in [-0.39, 0.29) is 29.6 Å². The number of methoxy groups -OCH3 is 1. The second-order valence-electron chi connectivity index (χ2n) is 6.49. The summed E-state index contributed by atoms with van der Waals surface area (Å²) in [5.74, 6) is -0.405. The molecular weight excluding hydrogens is 352 g/mol. The van der Waals surface area contributed by atoms with Crippen molar-refractivity contribution in [3.05, 3.63) is 40.9 Å². The lowest BCUT2D eigenvalue weighted by molar-refractivity contribution is -0.141. The molecule has 0 atom stereocenters. The highest BCUT2D eigenvalue weighted by Gasteiger charge is 2.35. The van der Waals surface area contributed by atoms with Crippen LogP contribution < -0.4 is 0 Å². The van der Waals surface area contributed by atoms with Crippen molar-refractivity contribution >= 4 is 45.9 Å². The SMILES string of the molecule is COC(=O)Cn1cc(/C=C2\SC(=O)N(CC(C)C)C2=O)c2ccccc21. The number of carbonyl (C=O) groups excluding carboxylic acids is 3. The number of rotatable bonds is 5. The molecule has 3 rings (SSSR count). The fourth-order valence-electron chi connectivity index (χ4n) is 2.89. The number of thioether (sulfide) groups is 1. The number of benzene rings is 1. The maximum absolute atomic E-state index is 12.6. The van der Waals surface area contributed by atoms with Crippen LogP contribution in [0.3, 0.4) is 0 Å². The molecule has 1 aromatic heterocycles. The van der Waals surface area contributed by atoms with Gasteiger partial charge in [-0.25, -0.2) is 0 Å². The Labute approximate surface area is 155 Å². The van der Waals surface area contributed by atoms with Crippen molar-refractivity contribution in [3.63, 3.8) is 0 Å². The highest BCUT2D eigenvalue weighted by Crippen LogP contribution is 2.34. The maximum atomic E-state index is 12.6. The third-order valence-electron chi connectivity index (χ3n) is 4.05. The van der Waals surface area contributed by atoms with E-state index in [0.29, 0.717) is 11.4 Å². The molecule has 1 aliphatic rings. The number of para-hydroxylation sites is 1. The Bertz CT molecular complexity index is 913. The Morgan fingerprint density at radius 3 is 2.69 bits per heavy atom. The second kappa shape index (κ2) is 7.37. The van der Waals surface area contributed by atoms with Gasteiger partial charge in [0.05, 0.1) is 12.0 Å². The number of fused-ring (bicyclic) bond motifs is 1. The minimum Gasteiger partial charge on any atom is -0.468 e. The summed E-state index contributed by atoms with van der Waals surface area (Å²) < 4.78 is 6.53. The van der Waals surface area contributed by atoms with Crippen LogP contribution in [0.2, 0.25) is 0 Å². The molecule has 26 heavy (non-hydrogen) atoms. The largest absolute Gasteiger partial charge is 0.468 e. The zero-order chi connectivity index (χ0) is 18.8. The van der Waals surface area contributed by atoms with E-state index in [4.69, 9.17) is 4.74 Å².